The Morgan fingerprint density at radius 2 is 1.41 bits per heavy atom. The van der Waals surface area contributed by atoms with Crippen molar-refractivity contribution in [2.75, 3.05) is 0 Å². The normalized spacial score (nSPS) is 23.3. The van der Waals surface area contributed by atoms with E-state index >= 15 is 0 Å². The van der Waals surface area contributed by atoms with Crippen molar-refractivity contribution in [3.05, 3.63) is 71.4 Å². The second kappa shape index (κ2) is 12.0. The average molecular weight is 709 g/mol. The fraction of sp³-hybridized carbons (Fsp3) is 0.450. The van der Waals surface area contributed by atoms with Crippen LogP contribution in [0.1, 0.15) is 97.9 Å². The van der Waals surface area contributed by atoms with E-state index in [4.69, 9.17) is 31.0 Å². The number of halogens is 1. The van der Waals surface area contributed by atoms with Crippen molar-refractivity contribution >= 4 is 45.6 Å². The molecule has 0 radical (unpaired) electrons. The van der Waals surface area contributed by atoms with Crippen LogP contribution in [-0.4, -0.2) is 65.2 Å². The van der Waals surface area contributed by atoms with Crippen LogP contribution < -0.4 is 0 Å². The van der Waals surface area contributed by atoms with Crippen LogP contribution in [0, 0.1) is 5.92 Å². The van der Waals surface area contributed by atoms with Gasteiger partial charge in [-0.1, -0.05) is 54.1 Å². The van der Waals surface area contributed by atoms with Crippen molar-refractivity contribution in [1.29, 1.82) is 0 Å². The van der Waals surface area contributed by atoms with E-state index in [0.29, 0.717) is 22.6 Å². The van der Waals surface area contributed by atoms with Crippen LogP contribution in [0.25, 0.3) is 44.2 Å². The van der Waals surface area contributed by atoms with Crippen molar-refractivity contribution in [3.8, 4) is 22.4 Å². The number of hydrogen-bond donors (Lipinski definition) is 2. The Balaban J connectivity index is 1.02. The Hall–Kier alpha value is -4.57. The number of likely N-dealkylation sites (tertiary alicyclic amines) is 2. The van der Waals surface area contributed by atoms with Gasteiger partial charge in [-0.2, -0.15) is 0 Å². The summed E-state index contributed by atoms with van der Waals surface area (Å²) in [6.45, 7) is 13.4. The fourth-order valence-electron chi connectivity index (χ4n) is 7.85. The number of aromatic nitrogens is 4. The van der Waals surface area contributed by atoms with E-state index in [1.165, 1.54) is 0 Å². The molecule has 51 heavy (non-hydrogen) atoms. The summed E-state index contributed by atoms with van der Waals surface area (Å²) in [6, 6.07) is 18.7. The van der Waals surface area contributed by atoms with E-state index in [2.05, 4.69) is 59.4 Å². The predicted octanol–water partition coefficient (Wildman–Crippen LogP) is 9.96. The Bertz CT molecular complexity index is 2160. The molecule has 0 spiro atoms. The lowest BCUT2D eigenvalue weighted by Gasteiger charge is -2.30. The summed E-state index contributed by atoms with van der Waals surface area (Å²) in [4.78, 5) is 46.7. The minimum Gasteiger partial charge on any atom is -0.444 e. The zero-order valence-corrected chi connectivity index (χ0v) is 31.0. The summed E-state index contributed by atoms with van der Waals surface area (Å²) >= 11 is 6.72. The van der Waals surface area contributed by atoms with Gasteiger partial charge in [0.1, 0.15) is 33.7 Å². The topological polar surface area (TPSA) is 116 Å². The number of nitrogens with one attached hydrogen (secondary N) is 2. The average Bonchev–Trinajstić information content (AvgIpc) is 3.43. The number of amides is 2. The molecule has 2 amide bonds. The van der Waals surface area contributed by atoms with E-state index in [1.54, 1.807) is 0 Å². The van der Waals surface area contributed by atoms with Gasteiger partial charge in [-0.15, -0.1) is 0 Å². The van der Waals surface area contributed by atoms with Crippen molar-refractivity contribution in [3.63, 3.8) is 0 Å². The summed E-state index contributed by atoms with van der Waals surface area (Å²) in [5.74, 6) is 1.96. The molecular weight excluding hydrogens is 664 g/mol. The van der Waals surface area contributed by atoms with E-state index in [1.807, 2.05) is 63.5 Å². The number of imidazole rings is 2. The first-order valence-electron chi connectivity index (χ1n) is 17.9. The zero-order chi connectivity index (χ0) is 36.0. The van der Waals surface area contributed by atoms with Crippen molar-refractivity contribution in [2.45, 2.75) is 110 Å². The molecule has 8 rings (SSSR count). The highest BCUT2D eigenvalue weighted by atomic mass is 35.5. The Morgan fingerprint density at radius 1 is 0.765 bits per heavy atom. The third kappa shape index (κ3) is 6.32. The molecule has 5 atom stereocenters. The number of benzene rings is 3. The molecule has 2 saturated heterocycles. The number of carbonyl (C=O) groups is 2. The summed E-state index contributed by atoms with van der Waals surface area (Å²) in [5, 5.41) is 2.58. The van der Waals surface area contributed by atoms with Crippen molar-refractivity contribution in [2.24, 2.45) is 5.92 Å². The second-order valence-corrected chi connectivity index (χ2v) is 16.8. The first-order valence-corrected chi connectivity index (χ1v) is 18.3. The maximum Gasteiger partial charge on any atom is 0.411 e. The molecule has 3 fully saturated rings. The van der Waals surface area contributed by atoms with E-state index in [9.17, 15) is 9.59 Å². The molecule has 11 heteroatoms. The molecule has 0 bridgehead atoms. The van der Waals surface area contributed by atoms with Crippen LogP contribution in [0.2, 0.25) is 5.15 Å². The van der Waals surface area contributed by atoms with Gasteiger partial charge in [-0.05, 0) is 109 Å². The SMILES string of the molecule is C[C@@H]1CC[C@@H](c2nc3c(ccc4cc(-c5ccc(-c6nc([C@@H]7C[C@H]8C[C@H]8N7C(=O)OC(C)(C)C)[nH]c6Cl)cc5)ccc43)[nH]2)N1C(=O)OC(C)(C)C. The van der Waals surface area contributed by atoms with Crippen LogP contribution >= 0.6 is 11.6 Å². The number of fused-ring (bicyclic) bond motifs is 4. The molecule has 5 aromatic rings. The van der Waals surface area contributed by atoms with E-state index in [-0.39, 0.29) is 36.4 Å². The van der Waals surface area contributed by atoms with Gasteiger partial charge in [0.05, 0.1) is 23.1 Å². The van der Waals surface area contributed by atoms with Gasteiger partial charge in [0.15, 0.2) is 0 Å². The molecular formula is C40H45ClN6O4. The smallest absolute Gasteiger partial charge is 0.411 e. The largest absolute Gasteiger partial charge is 0.444 e. The van der Waals surface area contributed by atoms with Gasteiger partial charge in [0.2, 0.25) is 0 Å². The minimum atomic E-state index is -0.566. The highest BCUT2D eigenvalue weighted by Gasteiger charge is 2.56. The fourth-order valence-corrected chi connectivity index (χ4v) is 8.10. The standard InChI is InChI=1S/C40H45ClN6O4/c1-21-8-17-29(46(21)37(48)50-39(2,3)4)35-42-28-16-14-25-18-24(13-15-27(25)33(28)44-35)22-9-11-23(12-10-22)32-34(41)45-36(43-32)31-20-26-19-30(26)47(31)38(49)51-40(5,6)7/h9-16,18,21,26,29-31H,8,17,19-20H2,1-7H3,(H,42,44)(H,43,45)/t21-,26-,29+,30-,31+/m1/s1. The number of H-pyrrole nitrogens is 2. The van der Waals surface area contributed by atoms with Gasteiger partial charge < -0.3 is 19.4 Å². The molecule has 2 N–H and O–H groups in total. The summed E-state index contributed by atoms with van der Waals surface area (Å²) in [5.41, 5.74) is 4.41. The maximum atomic E-state index is 13.1. The van der Waals surface area contributed by atoms with Gasteiger partial charge >= 0.3 is 12.2 Å². The molecule has 3 aromatic carbocycles. The number of piperidine rings is 1. The number of aromatic amines is 2. The molecule has 266 valence electrons. The molecule has 0 unspecified atom stereocenters. The molecule has 2 aliphatic heterocycles. The molecule has 1 saturated carbocycles. The second-order valence-electron chi connectivity index (χ2n) is 16.4. The number of carbonyl (C=O) groups excluding carboxylic acids is 2. The number of rotatable bonds is 4. The van der Waals surface area contributed by atoms with Gasteiger partial charge in [0, 0.05) is 23.0 Å². The van der Waals surface area contributed by atoms with Crippen LogP contribution in [0.5, 0.6) is 0 Å². The third-order valence-corrected chi connectivity index (χ3v) is 10.5. The number of nitrogens with zero attached hydrogens (tertiary/aromatic N) is 4. The van der Waals surface area contributed by atoms with Gasteiger partial charge in [-0.3, -0.25) is 9.80 Å². The Labute approximate surface area is 302 Å². The minimum absolute atomic E-state index is 0.0715. The molecule has 4 heterocycles. The van der Waals surface area contributed by atoms with Crippen LogP contribution in [-0.2, 0) is 9.47 Å². The highest BCUT2D eigenvalue weighted by Crippen LogP contribution is 2.54. The number of hydrogen-bond acceptors (Lipinski definition) is 6. The monoisotopic (exact) mass is 708 g/mol. The quantitative estimate of drug-likeness (QED) is 0.192. The Morgan fingerprint density at radius 3 is 2.12 bits per heavy atom. The Kier molecular flexibility index (Phi) is 7.90. The van der Waals surface area contributed by atoms with Gasteiger partial charge in [-0.25, -0.2) is 19.6 Å². The first kappa shape index (κ1) is 33.6. The van der Waals surface area contributed by atoms with Crippen molar-refractivity contribution in [1.82, 2.24) is 29.7 Å². The lowest BCUT2D eigenvalue weighted by atomic mass is 9.99. The van der Waals surface area contributed by atoms with Crippen LogP contribution in [0.4, 0.5) is 9.59 Å². The van der Waals surface area contributed by atoms with Crippen molar-refractivity contribution < 1.29 is 19.1 Å². The molecule has 2 aromatic heterocycles. The van der Waals surface area contributed by atoms with Gasteiger partial charge in [0.25, 0.3) is 0 Å². The predicted molar refractivity (Wildman–Crippen MR) is 198 cm³/mol. The number of ether oxygens (including phenoxy) is 2. The highest BCUT2D eigenvalue weighted by molar-refractivity contribution is 6.32. The van der Waals surface area contributed by atoms with E-state index < -0.39 is 11.2 Å². The maximum absolute atomic E-state index is 13.1. The van der Waals surface area contributed by atoms with E-state index in [0.717, 1.165) is 70.0 Å². The summed E-state index contributed by atoms with van der Waals surface area (Å²) < 4.78 is 11.5. The molecule has 1 aliphatic carbocycles. The molecule has 3 aliphatic rings. The van der Waals surface area contributed by atoms with Crippen LogP contribution in [0.15, 0.2) is 54.6 Å². The first-order chi connectivity index (χ1) is 24.1. The lowest BCUT2D eigenvalue weighted by Crippen LogP contribution is -2.40. The zero-order valence-electron chi connectivity index (χ0n) is 30.2. The molecule has 10 nitrogen and oxygen atoms in total. The summed E-state index contributed by atoms with van der Waals surface area (Å²) in [6.07, 6.45) is 2.98. The lowest BCUT2D eigenvalue weighted by molar-refractivity contribution is 0.0147. The summed E-state index contributed by atoms with van der Waals surface area (Å²) in [7, 11) is 0. The van der Waals surface area contributed by atoms with Crippen LogP contribution in [0.3, 0.4) is 0 Å². The third-order valence-electron chi connectivity index (χ3n) is 10.3.